The van der Waals surface area contributed by atoms with Gasteiger partial charge in [-0.1, -0.05) is 0 Å². The molecule has 4 unspecified atom stereocenters. The van der Waals surface area contributed by atoms with E-state index in [0.717, 1.165) is 6.42 Å². The molecule has 1 aliphatic carbocycles. The first-order chi connectivity index (χ1) is 9.42. The number of Topliss-reactive ketones (excluding diaryl/α,β-unsaturated/α-hetero) is 1. The number of hydrogen-bond donors (Lipinski definition) is 2. The van der Waals surface area contributed by atoms with E-state index in [1.54, 1.807) is 0 Å². The number of ketones is 1. The summed E-state index contributed by atoms with van der Waals surface area (Å²) < 4.78 is 17.0. The molecule has 2 N–H and O–H groups in total. The van der Waals surface area contributed by atoms with Gasteiger partial charge in [-0.25, -0.2) is 0 Å². The molecule has 1 fully saturated rings. The third-order valence-electron chi connectivity index (χ3n) is 4.61. The predicted molar refractivity (Wildman–Crippen MR) is 67.9 cm³/mol. The highest BCUT2D eigenvalue weighted by molar-refractivity contribution is 6.04. The van der Waals surface area contributed by atoms with Crippen LogP contribution in [0, 0.1) is 0 Å². The smallest absolute Gasteiger partial charge is 0.199 e. The third-order valence-corrected chi connectivity index (χ3v) is 4.61. The first kappa shape index (κ1) is 14.2. The number of carbonyl (C=O) groups excluding carboxylic acids is 1. The van der Waals surface area contributed by atoms with Crippen molar-refractivity contribution in [1.82, 2.24) is 0 Å². The summed E-state index contributed by atoms with van der Waals surface area (Å²) in [6.45, 7) is 2.02. The van der Waals surface area contributed by atoms with Crippen LogP contribution in [0.1, 0.15) is 26.2 Å². The topological polar surface area (TPSA) is 85.2 Å². The van der Waals surface area contributed by atoms with Crippen LogP contribution >= 0.6 is 0 Å². The lowest BCUT2D eigenvalue weighted by Gasteiger charge is -2.46. The van der Waals surface area contributed by atoms with Crippen molar-refractivity contribution >= 4 is 5.78 Å². The maximum atomic E-state index is 12.3. The average molecular weight is 284 g/mol. The molecule has 0 amide bonds. The molecule has 3 aliphatic rings. The molecule has 6 heteroatoms. The Morgan fingerprint density at radius 1 is 1.40 bits per heavy atom. The molecule has 0 aromatic rings. The van der Waals surface area contributed by atoms with Gasteiger partial charge in [0.25, 0.3) is 0 Å². The van der Waals surface area contributed by atoms with Crippen LogP contribution in [0.15, 0.2) is 11.1 Å². The monoisotopic (exact) mass is 284 g/mol. The zero-order valence-corrected chi connectivity index (χ0v) is 11.7. The highest BCUT2D eigenvalue weighted by Crippen LogP contribution is 2.44. The second-order valence-electron chi connectivity index (χ2n) is 5.87. The standard InChI is InChI=1S/C14H20O6/c1-13(17)10(15)6-8-9(11(13)16)7-20-14(12(8)18-2)4-3-5-19-14/h10,12,15,17H,3-7H2,1-2H3. The maximum Gasteiger partial charge on any atom is 0.199 e. The summed E-state index contributed by atoms with van der Waals surface area (Å²) in [5, 5.41) is 20.2. The van der Waals surface area contributed by atoms with Crippen LogP contribution in [0.3, 0.4) is 0 Å². The second kappa shape index (κ2) is 4.61. The van der Waals surface area contributed by atoms with Gasteiger partial charge in [-0.3, -0.25) is 4.79 Å². The van der Waals surface area contributed by atoms with Crippen LogP contribution in [-0.4, -0.2) is 59.9 Å². The van der Waals surface area contributed by atoms with Crippen LogP contribution in [0.2, 0.25) is 0 Å². The molecule has 0 aromatic heterocycles. The highest BCUT2D eigenvalue weighted by Gasteiger charge is 2.55. The van der Waals surface area contributed by atoms with E-state index in [0.29, 0.717) is 24.2 Å². The summed E-state index contributed by atoms with van der Waals surface area (Å²) in [5.41, 5.74) is -0.653. The fraction of sp³-hybridized carbons (Fsp3) is 0.786. The maximum absolute atomic E-state index is 12.3. The molecule has 0 aromatic carbocycles. The van der Waals surface area contributed by atoms with Crippen molar-refractivity contribution in [1.29, 1.82) is 0 Å². The number of hydrogen-bond acceptors (Lipinski definition) is 6. The lowest BCUT2D eigenvalue weighted by atomic mass is 9.74. The van der Waals surface area contributed by atoms with Crippen molar-refractivity contribution in [3.05, 3.63) is 11.1 Å². The van der Waals surface area contributed by atoms with Gasteiger partial charge in [0.1, 0.15) is 6.10 Å². The van der Waals surface area contributed by atoms with E-state index in [4.69, 9.17) is 14.2 Å². The number of carbonyl (C=O) groups is 1. The summed E-state index contributed by atoms with van der Waals surface area (Å²) >= 11 is 0. The van der Waals surface area contributed by atoms with Crippen LogP contribution in [-0.2, 0) is 19.0 Å². The van der Waals surface area contributed by atoms with E-state index in [1.807, 2.05) is 0 Å². The minimum atomic E-state index is -1.76. The van der Waals surface area contributed by atoms with Gasteiger partial charge in [-0.15, -0.1) is 0 Å². The number of aliphatic hydroxyl groups is 2. The van der Waals surface area contributed by atoms with E-state index in [9.17, 15) is 15.0 Å². The SMILES string of the molecule is COC1C2=C(COC13CCCO3)C(=O)C(C)(O)C(O)C2. The predicted octanol–water partition coefficient (Wildman–Crippen LogP) is -0.0804. The lowest BCUT2D eigenvalue weighted by Crippen LogP contribution is -2.58. The molecule has 2 heterocycles. The summed E-state index contributed by atoms with van der Waals surface area (Å²) in [5.74, 6) is -1.34. The number of ether oxygens (including phenoxy) is 3. The second-order valence-corrected chi connectivity index (χ2v) is 5.87. The Morgan fingerprint density at radius 3 is 2.75 bits per heavy atom. The number of aliphatic hydroxyl groups excluding tert-OH is 1. The summed E-state index contributed by atoms with van der Waals surface area (Å²) in [7, 11) is 1.54. The number of methoxy groups -OCH3 is 1. The largest absolute Gasteiger partial charge is 0.389 e. The van der Waals surface area contributed by atoms with Crippen molar-refractivity contribution in [2.24, 2.45) is 0 Å². The Bertz CT molecular complexity index is 460. The third kappa shape index (κ3) is 1.79. The fourth-order valence-electron chi connectivity index (χ4n) is 3.37. The van der Waals surface area contributed by atoms with E-state index in [2.05, 4.69) is 0 Å². The van der Waals surface area contributed by atoms with Gasteiger partial charge >= 0.3 is 0 Å². The minimum Gasteiger partial charge on any atom is -0.389 e. The molecule has 0 bridgehead atoms. The molecule has 1 spiro atoms. The quantitative estimate of drug-likeness (QED) is 0.700. The molecule has 112 valence electrons. The highest BCUT2D eigenvalue weighted by atomic mass is 16.7. The molecule has 6 nitrogen and oxygen atoms in total. The van der Waals surface area contributed by atoms with Gasteiger partial charge in [0.2, 0.25) is 0 Å². The van der Waals surface area contributed by atoms with Gasteiger partial charge in [-0.2, -0.15) is 0 Å². The Hall–Kier alpha value is -0.790. The minimum absolute atomic E-state index is 0.0941. The van der Waals surface area contributed by atoms with E-state index < -0.39 is 29.4 Å². The van der Waals surface area contributed by atoms with Crippen molar-refractivity contribution in [2.45, 2.75) is 49.8 Å². The molecule has 3 rings (SSSR count). The Balaban J connectivity index is 2.02. The zero-order valence-electron chi connectivity index (χ0n) is 11.7. The number of rotatable bonds is 1. The normalized spacial score (nSPS) is 45.1. The average Bonchev–Trinajstić information content (AvgIpc) is 2.86. The van der Waals surface area contributed by atoms with Gasteiger partial charge in [-0.05, 0) is 18.9 Å². The Morgan fingerprint density at radius 2 is 2.15 bits per heavy atom. The summed E-state index contributed by atoms with van der Waals surface area (Å²) in [6.07, 6.45) is 0.118. The van der Waals surface area contributed by atoms with Crippen molar-refractivity contribution in [2.75, 3.05) is 20.3 Å². The summed E-state index contributed by atoms with van der Waals surface area (Å²) in [6, 6.07) is 0. The molecular formula is C14H20O6. The van der Waals surface area contributed by atoms with Crippen molar-refractivity contribution in [3.8, 4) is 0 Å². The molecular weight excluding hydrogens is 264 g/mol. The van der Waals surface area contributed by atoms with Gasteiger partial charge in [0.05, 0.1) is 19.3 Å². The molecule has 0 radical (unpaired) electrons. The van der Waals surface area contributed by atoms with Crippen LogP contribution in [0.5, 0.6) is 0 Å². The molecule has 1 saturated heterocycles. The van der Waals surface area contributed by atoms with Crippen molar-refractivity contribution < 1.29 is 29.2 Å². The summed E-state index contributed by atoms with van der Waals surface area (Å²) in [4.78, 5) is 12.3. The zero-order chi connectivity index (χ0) is 14.5. The fourth-order valence-corrected chi connectivity index (χ4v) is 3.37. The van der Waals surface area contributed by atoms with Crippen LogP contribution in [0.4, 0.5) is 0 Å². The first-order valence-corrected chi connectivity index (χ1v) is 6.90. The van der Waals surface area contributed by atoms with Crippen LogP contribution < -0.4 is 0 Å². The Labute approximate surface area is 117 Å². The molecule has 2 aliphatic heterocycles. The van der Waals surface area contributed by atoms with E-state index in [-0.39, 0.29) is 13.0 Å². The van der Waals surface area contributed by atoms with Gasteiger partial charge in [0, 0.05) is 25.5 Å². The Kier molecular flexibility index (Phi) is 3.26. The first-order valence-electron chi connectivity index (χ1n) is 6.90. The molecule has 0 saturated carbocycles. The lowest BCUT2D eigenvalue weighted by molar-refractivity contribution is -0.262. The van der Waals surface area contributed by atoms with Gasteiger partial charge in [0.15, 0.2) is 17.2 Å². The molecule has 4 atom stereocenters. The van der Waals surface area contributed by atoms with E-state index >= 15 is 0 Å². The molecule has 20 heavy (non-hydrogen) atoms. The van der Waals surface area contributed by atoms with Crippen molar-refractivity contribution in [3.63, 3.8) is 0 Å². The van der Waals surface area contributed by atoms with Crippen LogP contribution in [0.25, 0.3) is 0 Å². The van der Waals surface area contributed by atoms with Gasteiger partial charge < -0.3 is 24.4 Å². The van der Waals surface area contributed by atoms with E-state index in [1.165, 1.54) is 14.0 Å².